The lowest BCUT2D eigenvalue weighted by molar-refractivity contribution is 0.446. The smallest absolute Gasteiger partial charge is 0.309 e. The van der Waals surface area contributed by atoms with E-state index in [1.807, 2.05) is 6.08 Å². The van der Waals surface area contributed by atoms with Crippen LogP contribution < -0.4 is 5.73 Å². The van der Waals surface area contributed by atoms with Crippen molar-refractivity contribution in [2.75, 3.05) is 5.73 Å². The molecule has 1 aromatic rings. The van der Waals surface area contributed by atoms with Crippen LogP contribution >= 0.6 is 0 Å². The molecule has 3 nitrogen and oxygen atoms in total. The summed E-state index contributed by atoms with van der Waals surface area (Å²) in [6, 6.07) is 0. The molecule has 0 saturated heterocycles. The molecular formula is C12H18FN3. The van der Waals surface area contributed by atoms with Gasteiger partial charge in [-0.15, -0.1) is 6.58 Å². The summed E-state index contributed by atoms with van der Waals surface area (Å²) in [4.78, 5) is 7.34. The van der Waals surface area contributed by atoms with Crippen LogP contribution in [0.3, 0.4) is 0 Å². The van der Waals surface area contributed by atoms with Crippen LogP contribution in [0, 0.1) is 24.8 Å². The van der Waals surface area contributed by atoms with Crippen LogP contribution in [0.4, 0.5) is 10.1 Å². The highest BCUT2D eigenvalue weighted by molar-refractivity contribution is 5.46. The highest BCUT2D eigenvalue weighted by Crippen LogP contribution is 2.21. The summed E-state index contributed by atoms with van der Waals surface area (Å²) in [6.07, 6.45) is 1.81. The molecule has 2 atom stereocenters. The van der Waals surface area contributed by atoms with Gasteiger partial charge in [0.2, 0.25) is 0 Å². The highest BCUT2D eigenvalue weighted by atomic mass is 19.1. The molecule has 1 rings (SSSR count). The lowest BCUT2D eigenvalue weighted by atomic mass is 9.91. The molecule has 0 saturated carbocycles. The number of nitrogen functional groups attached to an aromatic ring is 1. The number of allylic oxidation sites excluding steroid dienone is 1. The van der Waals surface area contributed by atoms with E-state index in [1.54, 1.807) is 6.92 Å². The first-order valence-electron chi connectivity index (χ1n) is 5.36. The van der Waals surface area contributed by atoms with Crippen LogP contribution in [0.2, 0.25) is 0 Å². The van der Waals surface area contributed by atoms with E-state index in [0.717, 1.165) is 0 Å². The van der Waals surface area contributed by atoms with Gasteiger partial charge in [-0.05, 0) is 25.2 Å². The van der Waals surface area contributed by atoms with Gasteiger partial charge in [-0.2, -0.15) is 4.39 Å². The predicted octanol–water partition coefficient (Wildman–Crippen LogP) is 2.51. The zero-order chi connectivity index (χ0) is 12.3. The molecule has 0 aliphatic rings. The van der Waals surface area contributed by atoms with Crippen molar-refractivity contribution in [1.82, 2.24) is 9.97 Å². The van der Waals surface area contributed by atoms with Crippen LogP contribution in [0.1, 0.15) is 25.2 Å². The fourth-order valence-corrected chi connectivity index (χ4v) is 1.48. The van der Waals surface area contributed by atoms with Crippen LogP contribution in [0.15, 0.2) is 12.7 Å². The Bertz CT molecular complexity index is 390. The first-order valence-corrected chi connectivity index (χ1v) is 5.36. The van der Waals surface area contributed by atoms with E-state index in [2.05, 4.69) is 30.4 Å². The van der Waals surface area contributed by atoms with E-state index >= 15 is 0 Å². The number of aromatic nitrogens is 2. The monoisotopic (exact) mass is 223 g/mol. The molecule has 88 valence electrons. The van der Waals surface area contributed by atoms with Crippen molar-refractivity contribution >= 4 is 5.69 Å². The Morgan fingerprint density at radius 2 is 2.06 bits per heavy atom. The maximum absolute atomic E-state index is 13.0. The number of nitrogens with two attached hydrogens (primary N) is 1. The molecule has 0 bridgehead atoms. The number of halogens is 1. The third-order valence-electron chi connectivity index (χ3n) is 2.97. The third kappa shape index (κ3) is 2.78. The molecule has 0 fully saturated rings. The van der Waals surface area contributed by atoms with Crippen molar-refractivity contribution < 1.29 is 4.39 Å². The van der Waals surface area contributed by atoms with E-state index in [4.69, 9.17) is 5.73 Å². The second-order valence-electron chi connectivity index (χ2n) is 4.21. The predicted molar refractivity (Wildman–Crippen MR) is 63.4 cm³/mol. The third-order valence-corrected chi connectivity index (χ3v) is 2.97. The van der Waals surface area contributed by atoms with Crippen LogP contribution in [0.25, 0.3) is 0 Å². The van der Waals surface area contributed by atoms with Gasteiger partial charge in [0, 0.05) is 0 Å². The quantitative estimate of drug-likeness (QED) is 0.630. The molecule has 16 heavy (non-hydrogen) atoms. The average Bonchev–Trinajstić information content (AvgIpc) is 2.23. The zero-order valence-electron chi connectivity index (χ0n) is 10.00. The minimum atomic E-state index is -0.708. The summed E-state index contributed by atoms with van der Waals surface area (Å²) in [5.74, 6) is 0.672. The SMILES string of the molecule is C=CC(C)C(C)Cc1nc(F)nc(C)c1N. The number of hydrogen-bond donors (Lipinski definition) is 1. The highest BCUT2D eigenvalue weighted by Gasteiger charge is 2.15. The number of aryl methyl sites for hydroxylation is 1. The van der Waals surface area contributed by atoms with Crippen LogP contribution in [-0.2, 0) is 6.42 Å². The standard InChI is InChI=1S/C12H18FN3/c1-5-7(2)8(3)6-10-11(14)9(4)15-12(13)16-10/h5,7-8H,1,6,14H2,2-4H3. The minimum absolute atomic E-state index is 0.327. The number of rotatable bonds is 4. The summed E-state index contributed by atoms with van der Waals surface area (Å²) < 4.78 is 13.0. The maximum Gasteiger partial charge on any atom is 0.309 e. The fourth-order valence-electron chi connectivity index (χ4n) is 1.48. The summed E-state index contributed by atoms with van der Waals surface area (Å²) >= 11 is 0. The zero-order valence-corrected chi connectivity index (χ0v) is 10.00. The second kappa shape index (κ2) is 5.05. The molecule has 0 aromatic carbocycles. The van der Waals surface area contributed by atoms with Gasteiger partial charge in [0.25, 0.3) is 0 Å². The van der Waals surface area contributed by atoms with Crippen LogP contribution in [0.5, 0.6) is 0 Å². The molecule has 1 heterocycles. The Labute approximate surface area is 95.6 Å². The van der Waals surface area contributed by atoms with Gasteiger partial charge >= 0.3 is 6.08 Å². The van der Waals surface area contributed by atoms with Gasteiger partial charge in [-0.25, -0.2) is 9.97 Å². The number of anilines is 1. The molecule has 2 unspecified atom stereocenters. The second-order valence-corrected chi connectivity index (χ2v) is 4.21. The van der Waals surface area contributed by atoms with Gasteiger partial charge < -0.3 is 5.73 Å². The molecule has 1 aromatic heterocycles. The van der Waals surface area contributed by atoms with Crippen molar-refractivity contribution in [3.8, 4) is 0 Å². The molecule has 0 aliphatic heterocycles. The van der Waals surface area contributed by atoms with Gasteiger partial charge in [0.15, 0.2) is 0 Å². The van der Waals surface area contributed by atoms with E-state index in [9.17, 15) is 4.39 Å². The van der Waals surface area contributed by atoms with Crippen molar-refractivity contribution in [2.24, 2.45) is 11.8 Å². The largest absolute Gasteiger partial charge is 0.396 e. The molecule has 0 radical (unpaired) electrons. The Morgan fingerprint density at radius 3 is 2.62 bits per heavy atom. The van der Waals surface area contributed by atoms with E-state index in [1.165, 1.54) is 0 Å². The Kier molecular flexibility index (Phi) is 3.99. The fraction of sp³-hybridized carbons (Fsp3) is 0.500. The van der Waals surface area contributed by atoms with Gasteiger partial charge in [0.05, 0.1) is 17.1 Å². The molecule has 2 N–H and O–H groups in total. The Hall–Kier alpha value is -1.45. The maximum atomic E-state index is 13.0. The van der Waals surface area contributed by atoms with E-state index in [-0.39, 0.29) is 0 Å². The van der Waals surface area contributed by atoms with Crippen molar-refractivity contribution in [2.45, 2.75) is 27.2 Å². The van der Waals surface area contributed by atoms with Crippen LogP contribution in [-0.4, -0.2) is 9.97 Å². The Balaban J connectivity index is 2.92. The first-order chi connectivity index (χ1) is 7.45. The summed E-state index contributed by atoms with van der Waals surface area (Å²) in [5, 5.41) is 0. The van der Waals surface area contributed by atoms with Gasteiger partial charge in [-0.3, -0.25) is 0 Å². The minimum Gasteiger partial charge on any atom is -0.396 e. The molecule has 0 aliphatic carbocycles. The van der Waals surface area contributed by atoms with Gasteiger partial charge in [-0.1, -0.05) is 19.9 Å². The number of hydrogen-bond acceptors (Lipinski definition) is 3. The molecule has 0 spiro atoms. The average molecular weight is 223 g/mol. The summed E-state index contributed by atoms with van der Waals surface area (Å²) in [6.45, 7) is 9.57. The van der Waals surface area contributed by atoms with Crippen molar-refractivity contribution in [3.63, 3.8) is 0 Å². The number of nitrogens with zero attached hydrogens (tertiary/aromatic N) is 2. The lowest BCUT2D eigenvalue weighted by Gasteiger charge is -2.17. The summed E-state index contributed by atoms with van der Waals surface area (Å²) in [7, 11) is 0. The molecule has 4 heteroatoms. The van der Waals surface area contributed by atoms with E-state index in [0.29, 0.717) is 35.3 Å². The van der Waals surface area contributed by atoms with E-state index < -0.39 is 6.08 Å². The van der Waals surface area contributed by atoms with Crippen molar-refractivity contribution in [3.05, 3.63) is 30.1 Å². The Morgan fingerprint density at radius 1 is 1.44 bits per heavy atom. The van der Waals surface area contributed by atoms with Gasteiger partial charge in [0.1, 0.15) is 0 Å². The lowest BCUT2D eigenvalue weighted by Crippen LogP contribution is -2.13. The topological polar surface area (TPSA) is 51.8 Å². The first kappa shape index (κ1) is 12.6. The molecular weight excluding hydrogens is 205 g/mol. The summed E-state index contributed by atoms with van der Waals surface area (Å²) in [5.41, 5.74) is 7.40. The normalized spacial score (nSPS) is 14.5. The molecule has 0 amide bonds. The van der Waals surface area contributed by atoms with Crippen molar-refractivity contribution in [1.29, 1.82) is 0 Å².